The zero-order chi connectivity index (χ0) is 14.4. The van der Waals surface area contributed by atoms with Crippen molar-refractivity contribution in [3.05, 3.63) is 56.2 Å². The van der Waals surface area contributed by atoms with Crippen molar-refractivity contribution in [2.24, 2.45) is 0 Å². The quantitative estimate of drug-likeness (QED) is 0.708. The molecule has 108 valence electrons. The fraction of sp³-hybridized carbons (Fsp3) is 0.412. The normalized spacial score (nSPS) is 12.6. The average molecular weight is 352 g/mol. The van der Waals surface area contributed by atoms with E-state index in [2.05, 4.69) is 70.8 Å². The van der Waals surface area contributed by atoms with Gasteiger partial charge in [-0.1, -0.05) is 38.1 Å². The molecule has 2 aromatic rings. The van der Waals surface area contributed by atoms with E-state index in [0.717, 1.165) is 25.8 Å². The molecule has 0 saturated carbocycles. The molecule has 1 aromatic heterocycles. The Morgan fingerprint density at radius 3 is 2.50 bits per heavy atom. The molecule has 0 aliphatic carbocycles. The molecule has 1 heterocycles. The van der Waals surface area contributed by atoms with Gasteiger partial charge in [0.25, 0.3) is 0 Å². The molecular weight excluding hydrogens is 330 g/mol. The van der Waals surface area contributed by atoms with Gasteiger partial charge < -0.3 is 5.32 Å². The number of halogens is 1. The van der Waals surface area contributed by atoms with E-state index in [1.807, 2.05) is 11.3 Å². The van der Waals surface area contributed by atoms with Crippen LogP contribution in [0, 0.1) is 0 Å². The topological polar surface area (TPSA) is 12.0 Å². The molecule has 0 bridgehead atoms. The van der Waals surface area contributed by atoms with E-state index in [9.17, 15) is 0 Å². The fourth-order valence-corrected chi connectivity index (χ4v) is 3.77. The van der Waals surface area contributed by atoms with E-state index < -0.39 is 0 Å². The van der Waals surface area contributed by atoms with E-state index in [4.69, 9.17) is 0 Å². The van der Waals surface area contributed by atoms with Crippen molar-refractivity contribution in [1.29, 1.82) is 0 Å². The van der Waals surface area contributed by atoms with Crippen molar-refractivity contribution in [3.8, 4) is 0 Å². The van der Waals surface area contributed by atoms with Crippen LogP contribution in [0.5, 0.6) is 0 Å². The van der Waals surface area contributed by atoms with Crippen LogP contribution in [0.25, 0.3) is 0 Å². The zero-order valence-corrected chi connectivity index (χ0v) is 14.6. The van der Waals surface area contributed by atoms with Gasteiger partial charge >= 0.3 is 0 Å². The third-order valence-corrected chi connectivity index (χ3v) is 5.18. The molecule has 0 spiro atoms. The Morgan fingerprint density at radius 2 is 1.95 bits per heavy atom. The molecule has 1 unspecified atom stereocenters. The second-order valence-corrected chi connectivity index (χ2v) is 6.95. The lowest BCUT2D eigenvalue weighted by atomic mass is 10.0. The first kappa shape index (κ1) is 15.7. The van der Waals surface area contributed by atoms with Crippen LogP contribution in [0.1, 0.15) is 42.3 Å². The number of aryl methyl sites for hydroxylation is 1. The van der Waals surface area contributed by atoms with Gasteiger partial charge in [-0.3, -0.25) is 0 Å². The second-order valence-electron chi connectivity index (χ2n) is 5.04. The van der Waals surface area contributed by atoms with Crippen molar-refractivity contribution in [2.75, 3.05) is 6.54 Å². The van der Waals surface area contributed by atoms with Crippen molar-refractivity contribution in [1.82, 2.24) is 5.32 Å². The molecule has 0 aliphatic rings. The highest BCUT2D eigenvalue weighted by atomic mass is 79.9. The molecule has 3 heteroatoms. The van der Waals surface area contributed by atoms with Crippen LogP contribution in [-0.4, -0.2) is 6.54 Å². The van der Waals surface area contributed by atoms with Gasteiger partial charge in [-0.25, -0.2) is 0 Å². The Bertz CT molecular complexity index is 518. The third-order valence-electron chi connectivity index (χ3n) is 3.46. The van der Waals surface area contributed by atoms with Crippen LogP contribution in [0.15, 0.2) is 40.2 Å². The van der Waals surface area contributed by atoms with Crippen molar-refractivity contribution >= 4 is 27.3 Å². The highest BCUT2D eigenvalue weighted by Crippen LogP contribution is 2.26. The van der Waals surface area contributed by atoms with Crippen LogP contribution in [0.4, 0.5) is 0 Å². The second kappa shape index (κ2) is 7.96. The summed E-state index contributed by atoms with van der Waals surface area (Å²) in [6.07, 6.45) is 3.32. The van der Waals surface area contributed by atoms with Gasteiger partial charge in [0.05, 0.1) is 0 Å². The Hall–Kier alpha value is -0.640. The summed E-state index contributed by atoms with van der Waals surface area (Å²) in [4.78, 5) is 1.42. The van der Waals surface area contributed by atoms with Crippen molar-refractivity contribution in [2.45, 2.75) is 39.2 Å². The molecule has 20 heavy (non-hydrogen) atoms. The van der Waals surface area contributed by atoms with Gasteiger partial charge in [0.15, 0.2) is 0 Å². The summed E-state index contributed by atoms with van der Waals surface area (Å²) in [5.74, 6) is 0. The third kappa shape index (κ3) is 4.44. The molecular formula is C17H22BrNS. The monoisotopic (exact) mass is 351 g/mol. The van der Waals surface area contributed by atoms with Gasteiger partial charge in [0, 0.05) is 27.2 Å². The minimum absolute atomic E-state index is 0.409. The average Bonchev–Trinajstić information content (AvgIpc) is 2.89. The lowest BCUT2D eigenvalue weighted by molar-refractivity contribution is 0.532. The Kier molecular flexibility index (Phi) is 6.27. The lowest BCUT2D eigenvalue weighted by Crippen LogP contribution is -2.23. The molecule has 1 N–H and O–H groups in total. The number of nitrogens with one attached hydrogen (secondary N) is 1. The van der Waals surface area contributed by atoms with Crippen LogP contribution in [0.3, 0.4) is 0 Å². The molecule has 0 radical (unpaired) electrons. The molecule has 1 aromatic carbocycles. The number of thiophene rings is 1. The Labute approximate surface area is 134 Å². The molecule has 1 nitrogen and oxygen atoms in total. The van der Waals surface area contributed by atoms with Gasteiger partial charge in [0.2, 0.25) is 0 Å². The minimum atomic E-state index is 0.409. The summed E-state index contributed by atoms with van der Waals surface area (Å²) < 4.78 is 1.19. The van der Waals surface area contributed by atoms with Gasteiger partial charge in [-0.15, -0.1) is 11.3 Å². The summed E-state index contributed by atoms with van der Waals surface area (Å²) in [6.45, 7) is 5.48. The summed E-state index contributed by atoms with van der Waals surface area (Å²) in [5.41, 5.74) is 2.79. The summed E-state index contributed by atoms with van der Waals surface area (Å²) in [6, 6.07) is 11.7. The van der Waals surface area contributed by atoms with Gasteiger partial charge in [-0.2, -0.15) is 0 Å². The highest BCUT2D eigenvalue weighted by Gasteiger charge is 2.12. The molecule has 0 fully saturated rings. The van der Waals surface area contributed by atoms with Gasteiger partial charge in [-0.05, 0) is 52.5 Å². The van der Waals surface area contributed by atoms with Crippen molar-refractivity contribution < 1.29 is 0 Å². The van der Waals surface area contributed by atoms with E-state index in [1.165, 1.54) is 20.5 Å². The number of hydrogen-bond acceptors (Lipinski definition) is 2. The number of benzene rings is 1. The predicted molar refractivity (Wildman–Crippen MR) is 92.6 cm³/mol. The van der Waals surface area contributed by atoms with E-state index in [-0.39, 0.29) is 0 Å². The first-order valence-electron chi connectivity index (χ1n) is 7.28. The van der Waals surface area contributed by atoms with Crippen LogP contribution in [-0.2, 0) is 12.8 Å². The predicted octanol–water partition coefficient (Wildman–Crippen LogP) is 5.36. The highest BCUT2D eigenvalue weighted by molar-refractivity contribution is 9.10. The Balaban J connectivity index is 2.12. The van der Waals surface area contributed by atoms with E-state index in [1.54, 1.807) is 0 Å². The maximum Gasteiger partial charge on any atom is 0.0368 e. The fourth-order valence-electron chi connectivity index (χ4n) is 2.27. The van der Waals surface area contributed by atoms with E-state index in [0.29, 0.717) is 6.04 Å². The molecule has 2 rings (SSSR count). The molecule has 0 amide bonds. The summed E-state index contributed by atoms with van der Waals surface area (Å²) in [7, 11) is 0. The Morgan fingerprint density at radius 1 is 1.20 bits per heavy atom. The maximum absolute atomic E-state index is 3.67. The molecule has 0 aliphatic heterocycles. The van der Waals surface area contributed by atoms with Gasteiger partial charge in [0.1, 0.15) is 0 Å². The smallest absolute Gasteiger partial charge is 0.0368 e. The zero-order valence-electron chi connectivity index (χ0n) is 12.2. The first-order valence-corrected chi connectivity index (χ1v) is 8.95. The maximum atomic E-state index is 3.67. The SMILES string of the molecule is CCCNC(Cc1cc(Br)cs1)c1ccc(CC)cc1. The summed E-state index contributed by atoms with van der Waals surface area (Å²) in [5, 5.41) is 5.83. The number of rotatable bonds is 7. The van der Waals surface area contributed by atoms with Crippen molar-refractivity contribution in [3.63, 3.8) is 0 Å². The molecule has 0 saturated heterocycles. The van der Waals surface area contributed by atoms with Crippen LogP contribution < -0.4 is 5.32 Å². The van der Waals surface area contributed by atoms with Crippen LogP contribution >= 0.6 is 27.3 Å². The van der Waals surface area contributed by atoms with Crippen LogP contribution in [0.2, 0.25) is 0 Å². The molecule has 1 atom stereocenters. The lowest BCUT2D eigenvalue weighted by Gasteiger charge is -2.18. The standard InChI is InChI=1S/C17H22BrNS/c1-3-9-19-17(11-16-10-15(18)12-20-16)14-7-5-13(4-2)6-8-14/h5-8,10,12,17,19H,3-4,9,11H2,1-2H3. The van der Waals surface area contributed by atoms with E-state index >= 15 is 0 Å². The number of hydrogen-bond donors (Lipinski definition) is 1. The minimum Gasteiger partial charge on any atom is -0.310 e. The largest absolute Gasteiger partial charge is 0.310 e. The first-order chi connectivity index (χ1) is 9.72. The summed E-state index contributed by atoms with van der Waals surface area (Å²) >= 11 is 5.37.